The van der Waals surface area contributed by atoms with Crippen molar-refractivity contribution in [1.82, 2.24) is 19.7 Å². The molecule has 0 saturated heterocycles. The van der Waals surface area contributed by atoms with E-state index in [1.807, 2.05) is 7.05 Å². The monoisotopic (exact) mass is 376 g/mol. The van der Waals surface area contributed by atoms with Crippen LogP contribution in [0.5, 0.6) is 0 Å². The highest BCUT2D eigenvalue weighted by Gasteiger charge is 2.17. The summed E-state index contributed by atoms with van der Waals surface area (Å²) >= 11 is 3.22. The number of rotatable bonds is 6. The van der Waals surface area contributed by atoms with Crippen LogP contribution in [0.25, 0.3) is 0 Å². The average molecular weight is 377 g/mol. The van der Waals surface area contributed by atoms with Crippen LogP contribution in [-0.4, -0.2) is 44.6 Å². The normalized spacial score (nSPS) is 14.0. The van der Waals surface area contributed by atoms with Gasteiger partial charge in [0.15, 0.2) is 5.16 Å². The summed E-state index contributed by atoms with van der Waals surface area (Å²) in [4.78, 5) is 15.5. The number of hydrogen-bond donors (Lipinski definition) is 0. The topological polar surface area (TPSA) is 51.0 Å². The number of thioether (sulfide) groups is 2. The Balaban J connectivity index is 1.54. The zero-order chi connectivity index (χ0) is 17.6. The summed E-state index contributed by atoms with van der Waals surface area (Å²) in [6.45, 7) is 1.60. The lowest BCUT2D eigenvalue weighted by Gasteiger charge is -2.17. The third-order valence-electron chi connectivity index (χ3n) is 4.40. The number of carbonyl (C=O) groups excluding carboxylic acids is 1. The van der Waals surface area contributed by atoms with Gasteiger partial charge in [-0.15, -0.1) is 22.0 Å². The van der Waals surface area contributed by atoms with Gasteiger partial charge in [0, 0.05) is 31.5 Å². The first kappa shape index (κ1) is 18.3. The molecule has 2 heterocycles. The van der Waals surface area contributed by atoms with Crippen LogP contribution >= 0.6 is 23.5 Å². The number of benzene rings is 1. The Labute approximate surface area is 157 Å². The fraction of sp³-hybridized carbons (Fsp3) is 0.500. The summed E-state index contributed by atoms with van der Waals surface area (Å²) in [7, 11) is 1.86. The highest BCUT2D eigenvalue weighted by Crippen LogP contribution is 2.22. The van der Waals surface area contributed by atoms with Crippen molar-refractivity contribution in [1.29, 1.82) is 0 Å². The van der Waals surface area contributed by atoms with Crippen LogP contribution in [-0.2, 0) is 24.3 Å². The summed E-state index contributed by atoms with van der Waals surface area (Å²) in [5.74, 6) is 1.58. The third kappa shape index (κ3) is 4.79. The van der Waals surface area contributed by atoms with Crippen molar-refractivity contribution in [2.75, 3.05) is 19.1 Å². The summed E-state index contributed by atoms with van der Waals surface area (Å²) in [6, 6.07) is 8.36. The molecule has 0 atom stereocenters. The SMILES string of the molecule is CSc1ccc(CN(C)C(=O)CSc2nnc3n2CCCCC3)cc1. The summed E-state index contributed by atoms with van der Waals surface area (Å²) in [5, 5.41) is 9.44. The third-order valence-corrected chi connectivity index (χ3v) is 6.10. The fourth-order valence-corrected chi connectivity index (χ4v) is 4.23. The van der Waals surface area contributed by atoms with Gasteiger partial charge in [0.05, 0.1) is 5.75 Å². The Hall–Kier alpha value is -1.47. The molecule has 0 N–H and O–H groups in total. The summed E-state index contributed by atoms with van der Waals surface area (Å²) < 4.78 is 2.19. The van der Waals surface area contributed by atoms with Crippen LogP contribution in [0, 0.1) is 0 Å². The van der Waals surface area contributed by atoms with E-state index in [1.165, 1.54) is 35.9 Å². The van der Waals surface area contributed by atoms with Crippen molar-refractivity contribution in [3.8, 4) is 0 Å². The van der Waals surface area contributed by atoms with E-state index in [2.05, 4.69) is 45.3 Å². The van der Waals surface area contributed by atoms with Crippen LogP contribution in [0.2, 0.25) is 0 Å². The van der Waals surface area contributed by atoms with E-state index in [1.54, 1.807) is 16.7 Å². The number of fused-ring (bicyclic) bond motifs is 1. The number of carbonyl (C=O) groups is 1. The molecule has 134 valence electrons. The Bertz CT molecular complexity index is 714. The molecule has 1 aromatic carbocycles. The van der Waals surface area contributed by atoms with Gasteiger partial charge in [-0.25, -0.2) is 0 Å². The summed E-state index contributed by atoms with van der Waals surface area (Å²) in [6.07, 6.45) is 6.64. The molecule has 1 aliphatic rings. The molecule has 25 heavy (non-hydrogen) atoms. The molecule has 0 unspecified atom stereocenters. The minimum absolute atomic E-state index is 0.116. The van der Waals surface area contributed by atoms with Crippen LogP contribution < -0.4 is 0 Å². The lowest BCUT2D eigenvalue weighted by Crippen LogP contribution is -2.27. The molecule has 7 heteroatoms. The standard InChI is InChI=1S/C18H24N4OS2/c1-21(12-14-7-9-15(24-2)10-8-14)17(23)13-25-18-20-19-16-6-4-3-5-11-22(16)18/h7-10H,3-6,11-13H2,1-2H3. The molecule has 0 saturated carbocycles. The Kier molecular flexibility index (Phi) is 6.42. The predicted molar refractivity (Wildman–Crippen MR) is 103 cm³/mol. The van der Waals surface area contributed by atoms with E-state index >= 15 is 0 Å². The molecule has 0 spiro atoms. The first-order valence-electron chi connectivity index (χ1n) is 8.59. The van der Waals surface area contributed by atoms with Crippen molar-refractivity contribution in [3.63, 3.8) is 0 Å². The van der Waals surface area contributed by atoms with Crippen LogP contribution in [0.3, 0.4) is 0 Å². The second kappa shape index (κ2) is 8.76. The number of hydrogen-bond acceptors (Lipinski definition) is 5. The van der Waals surface area contributed by atoms with E-state index in [4.69, 9.17) is 0 Å². The van der Waals surface area contributed by atoms with Crippen LogP contribution in [0.15, 0.2) is 34.3 Å². The quantitative estimate of drug-likeness (QED) is 0.723. The van der Waals surface area contributed by atoms with Gasteiger partial charge in [-0.2, -0.15) is 0 Å². The maximum absolute atomic E-state index is 12.4. The van der Waals surface area contributed by atoms with Gasteiger partial charge in [-0.1, -0.05) is 30.3 Å². The molecule has 3 rings (SSSR count). The van der Waals surface area contributed by atoms with Gasteiger partial charge in [0.25, 0.3) is 0 Å². The van der Waals surface area contributed by atoms with Crippen molar-refractivity contribution in [2.24, 2.45) is 0 Å². The number of nitrogens with zero attached hydrogens (tertiary/aromatic N) is 4. The van der Waals surface area contributed by atoms with E-state index in [9.17, 15) is 4.79 Å². The minimum Gasteiger partial charge on any atom is -0.341 e. The molecular formula is C18H24N4OS2. The van der Waals surface area contributed by atoms with Gasteiger partial charge in [-0.05, 0) is 36.8 Å². The second-order valence-corrected chi connectivity index (χ2v) is 8.07. The smallest absolute Gasteiger partial charge is 0.233 e. The zero-order valence-electron chi connectivity index (χ0n) is 14.8. The molecule has 0 bridgehead atoms. The second-order valence-electron chi connectivity index (χ2n) is 6.25. The molecule has 1 aliphatic heterocycles. The van der Waals surface area contributed by atoms with Gasteiger partial charge < -0.3 is 9.47 Å². The first-order valence-corrected chi connectivity index (χ1v) is 10.8. The lowest BCUT2D eigenvalue weighted by molar-refractivity contribution is -0.127. The molecular weight excluding hydrogens is 352 g/mol. The number of aryl methyl sites for hydroxylation is 1. The van der Waals surface area contributed by atoms with E-state index in [0.29, 0.717) is 12.3 Å². The Morgan fingerprint density at radius 2 is 2.00 bits per heavy atom. The highest BCUT2D eigenvalue weighted by molar-refractivity contribution is 7.99. The van der Waals surface area contributed by atoms with Crippen molar-refractivity contribution in [3.05, 3.63) is 35.7 Å². The zero-order valence-corrected chi connectivity index (χ0v) is 16.4. The molecule has 0 radical (unpaired) electrons. The predicted octanol–water partition coefficient (Wildman–Crippen LogP) is 3.48. The Morgan fingerprint density at radius 1 is 1.20 bits per heavy atom. The van der Waals surface area contributed by atoms with E-state index in [0.717, 1.165) is 29.5 Å². The van der Waals surface area contributed by atoms with Crippen molar-refractivity contribution < 1.29 is 4.79 Å². The Morgan fingerprint density at radius 3 is 2.76 bits per heavy atom. The highest BCUT2D eigenvalue weighted by atomic mass is 32.2. The molecule has 0 fully saturated rings. The van der Waals surface area contributed by atoms with Crippen molar-refractivity contribution >= 4 is 29.4 Å². The summed E-state index contributed by atoms with van der Waals surface area (Å²) in [5.41, 5.74) is 1.15. The lowest BCUT2D eigenvalue weighted by atomic mass is 10.2. The molecule has 2 aromatic rings. The van der Waals surface area contributed by atoms with Crippen LogP contribution in [0.1, 0.15) is 30.7 Å². The van der Waals surface area contributed by atoms with Crippen LogP contribution in [0.4, 0.5) is 0 Å². The maximum atomic E-state index is 12.4. The van der Waals surface area contributed by atoms with Gasteiger partial charge >= 0.3 is 0 Å². The van der Waals surface area contributed by atoms with Gasteiger partial charge in [-0.3, -0.25) is 4.79 Å². The largest absolute Gasteiger partial charge is 0.341 e. The molecule has 1 aromatic heterocycles. The minimum atomic E-state index is 0.116. The molecule has 0 aliphatic carbocycles. The van der Waals surface area contributed by atoms with Gasteiger partial charge in [0.2, 0.25) is 5.91 Å². The van der Waals surface area contributed by atoms with E-state index in [-0.39, 0.29) is 5.91 Å². The molecule has 1 amide bonds. The van der Waals surface area contributed by atoms with Crippen molar-refractivity contribution in [2.45, 2.75) is 48.8 Å². The maximum Gasteiger partial charge on any atom is 0.233 e. The molecule has 5 nitrogen and oxygen atoms in total. The number of aromatic nitrogens is 3. The first-order chi connectivity index (χ1) is 12.2. The van der Waals surface area contributed by atoms with E-state index < -0.39 is 0 Å². The van der Waals surface area contributed by atoms with Gasteiger partial charge in [0.1, 0.15) is 5.82 Å². The fourth-order valence-electron chi connectivity index (χ4n) is 2.89. The number of amides is 1. The average Bonchev–Trinajstić information content (AvgIpc) is 2.86.